The van der Waals surface area contributed by atoms with E-state index in [4.69, 9.17) is 21.1 Å². The van der Waals surface area contributed by atoms with Crippen LogP contribution in [0, 0.1) is 0 Å². The number of rotatable bonds is 5. The Morgan fingerprint density at radius 2 is 2.37 bits per heavy atom. The van der Waals surface area contributed by atoms with E-state index < -0.39 is 0 Å². The van der Waals surface area contributed by atoms with Gasteiger partial charge in [0, 0.05) is 23.2 Å². The highest BCUT2D eigenvalue weighted by molar-refractivity contribution is 6.30. The van der Waals surface area contributed by atoms with Crippen LogP contribution in [0.5, 0.6) is 5.75 Å². The zero-order valence-electron chi connectivity index (χ0n) is 11.6. The first-order valence-electron chi connectivity index (χ1n) is 6.98. The van der Waals surface area contributed by atoms with Crippen molar-refractivity contribution in [3.63, 3.8) is 0 Å². The van der Waals surface area contributed by atoms with Gasteiger partial charge in [0.25, 0.3) is 0 Å². The molecule has 1 heterocycles. The predicted octanol–water partition coefficient (Wildman–Crippen LogP) is 3.57. The molecule has 19 heavy (non-hydrogen) atoms. The topological polar surface area (TPSA) is 30.5 Å². The molecule has 0 bridgehead atoms. The molecule has 1 aromatic rings. The molecule has 0 amide bonds. The standard InChI is InChI=1S/C15H22ClNO2/c1-3-17-11(2)14-9-12(16)6-7-15(14)19-13-5-4-8-18-10-13/h6-7,9,11,13,17H,3-5,8,10H2,1-2H3. The fraction of sp³-hybridized carbons (Fsp3) is 0.600. The quantitative estimate of drug-likeness (QED) is 0.896. The summed E-state index contributed by atoms with van der Waals surface area (Å²) in [6.45, 7) is 6.66. The van der Waals surface area contributed by atoms with Crippen LogP contribution in [0.1, 0.15) is 38.3 Å². The normalized spacial score (nSPS) is 21.1. The molecule has 0 aliphatic carbocycles. The summed E-state index contributed by atoms with van der Waals surface area (Å²) >= 11 is 6.10. The third kappa shape index (κ3) is 4.10. The first-order valence-corrected chi connectivity index (χ1v) is 7.35. The van der Waals surface area contributed by atoms with Gasteiger partial charge in [-0.15, -0.1) is 0 Å². The molecule has 1 saturated heterocycles. The highest BCUT2D eigenvalue weighted by atomic mass is 35.5. The number of halogens is 1. The van der Waals surface area contributed by atoms with Crippen LogP contribution < -0.4 is 10.1 Å². The molecule has 1 aliphatic heterocycles. The number of hydrogen-bond donors (Lipinski definition) is 1. The van der Waals surface area contributed by atoms with Gasteiger partial charge in [0.15, 0.2) is 0 Å². The maximum Gasteiger partial charge on any atom is 0.124 e. The molecule has 1 fully saturated rings. The largest absolute Gasteiger partial charge is 0.488 e. The molecule has 2 atom stereocenters. The van der Waals surface area contributed by atoms with Gasteiger partial charge in [-0.05, 0) is 44.5 Å². The average Bonchev–Trinajstić information content (AvgIpc) is 2.42. The SMILES string of the molecule is CCNC(C)c1cc(Cl)ccc1OC1CCCOC1. The fourth-order valence-electron chi connectivity index (χ4n) is 2.36. The second kappa shape index (κ2) is 7.13. The molecule has 2 unspecified atom stereocenters. The van der Waals surface area contributed by atoms with Gasteiger partial charge in [0.05, 0.1) is 6.61 Å². The smallest absolute Gasteiger partial charge is 0.124 e. The zero-order chi connectivity index (χ0) is 13.7. The Morgan fingerprint density at radius 1 is 1.53 bits per heavy atom. The first kappa shape index (κ1) is 14.6. The zero-order valence-corrected chi connectivity index (χ0v) is 12.4. The minimum atomic E-state index is 0.155. The summed E-state index contributed by atoms with van der Waals surface area (Å²) < 4.78 is 11.5. The van der Waals surface area contributed by atoms with Gasteiger partial charge < -0.3 is 14.8 Å². The van der Waals surface area contributed by atoms with E-state index in [1.165, 1.54) is 0 Å². The minimum Gasteiger partial charge on any atom is -0.488 e. The van der Waals surface area contributed by atoms with Crippen molar-refractivity contribution in [3.05, 3.63) is 28.8 Å². The Bertz CT molecular complexity index is 405. The van der Waals surface area contributed by atoms with Gasteiger partial charge in [0.2, 0.25) is 0 Å². The van der Waals surface area contributed by atoms with Crippen LogP contribution in [0.4, 0.5) is 0 Å². The van der Waals surface area contributed by atoms with Crippen molar-refractivity contribution >= 4 is 11.6 Å². The molecule has 3 nitrogen and oxygen atoms in total. The lowest BCUT2D eigenvalue weighted by atomic mass is 10.1. The summed E-state index contributed by atoms with van der Waals surface area (Å²) in [4.78, 5) is 0. The Balaban J connectivity index is 2.13. The van der Waals surface area contributed by atoms with E-state index in [0.717, 1.165) is 42.3 Å². The van der Waals surface area contributed by atoms with E-state index in [-0.39, 0.29) is 12.1 Å². The third-order valence-electron chi connectivity index (χ3n) is 3.36. The number of benzene rings is 1. The molecule has 1 aromatic carbocycles. The molecular weight excluding hydrogens is 262 g/mol. The van der Waals surface area contributed by atoms with Crippen molar-refractivity contribution < 1.29 is 9.47 Å². The highest BCUT2D eigenvalue weighted by Gasteiger charge is 2.18. The van der Waals surface area contributed by atoms with Crippen molar-refractivity contribution in [1.82, 2.24) is 5.32 Å². The fourth-order valence-corrected chi connectivity index (χ4v) is 2.55. The van der Waals surface area contributed by atoms with Crippen LogP contribution in [-0.4, -0.2) is 25.9 Å². The lowest BCUT2D eigenvalue weighted by Crippen LogP contribution is -2.29. The lowest BCUT2D eigenvalue weighted by Gasteiger charge is -2.26. The molecule has 1 N–H and O–H groups in total. The molecular formula is C15H22ClNO2. The minimum absolute atomic E-state index is 0.155. The van der Waals surface area contributed by atoms with E-state index in [9.17, 15) is 0 Å². The number of hydrogen-bond acceptors (Lipinski definition) is 3. The molecule has 0 aromatic heterocycles. The summed E-state index contributed by atoms with van der Waals surface area (Å²) in [5.74, 6) is 0.911. The maximum atomic E-state index is 6.10. The number of ether oxygens (including phenoxy) is 2. The van der Waals surface area contributed by atoms with Crippen molar-refractivity contribution in [3.8, 4) is 5.75 Å². The monoisotopic (exact) mass is 283 g/mol. The van der Waals surface area contributed by atoms with Crippen molar-refractivity contribution in [2.24, 2.45) is 0 Å². The molecule has 1 aliphatic rings. The Morgan fingerprint density at radius 3 is 3.05 bits per heavy atom. The van der Waals surface area contributed by atoms with Crippen LogP contribution in [0.15, 0.2) is 18.2 Å². The van der Waals surface area contributed by atoms with Gasteiger partial charge in [-0.3, -0.25) is 0 Å². The molecule has 2 rings (SSSR count). The third-order valence-corrected chi connectivity index (χ3v) is 3.60. The van der Waals surface area contributed by atoms with Crippen molar-refractivity contribution in [1.29, 1.82) is 0 Å². The summed E-state index contributed by atoms with van der Waals surface area (Å²) in [5.41, 5.74) is 1.11. The molecule has 0 radical (unpaired) electrons. The molecule has 0 saturated carbocycles. The Hall–Kier alpha value is -0.770. The van der Waals surface area contributed by atoms with Gasteiger partial charge in [-0.25, -0.2) is 0 Å². The molecule has 0 spiro atoms. The van der Waals surface area contributed by atoms with Crippen LogP contribution in [0.2, 0.25) is 5.02 Å². The average molecular weight is 284 g/mol. The predicted molar refractivity (Wildman–Crippen MR) is 78.0 cm³/mol. The van der Waals surface area contributed by atoms with Crippen LogP contribution >= 0.6 is 11.6 Å². The van der Waals surface area contributed by atoms with E-state index in [1.807, 2.05) is 18.2 Å². The second-order valence-electron chi connectivity index (χ2n) is 4.92. The first-order chi connectivity index (χ1) is 9.20. The second-order valence-corrected chi connectivity index (χ2v) is 5.35. The highest BCUT2D eigenvalue weighted by Crippen LogP contribution is 2.30. The van der Waals surface area contributed by atoms with E-state index in [1.54, 1.807) is 0 Å². The Kier molecular flexibility index (Phi) is 5.49. The summed E-state index contributed by atoms with van der Waals surface area (Å²) in [6.07, 6.45) is 2.27. The van der Waals surface area contributed by atoms with Gasteiger partial charge in [-0.2, -0.15) is 0 Å². The van der Waals surface area contributed by atoms with Gasteiger partial charge in [-0.1, -0.05) is 18.5 Å². The van der Waals surface area contributed by atoms with E-state index >= 15 is 0 Å². The summed E-state index contributed by atoms with van der Waals surface area (Å²) in [7, 11) is 0. The van der Waals surface area contributed by atoms with Crippen LogP contribution in [0.3, 0.4) is 0 Å². The summed E-state index contributed by atoms with van der Waals surface area (Å²) in [6, 6.07) is 6.04. The number of nitrogens with one attached hydrogen (secondary N) is 1. The lowest BCUT2D eigenvalue weighted by molar-refractivity contribution is 0.00687. The van der Waals surface area contributed by atoms with Crippen molar-refractivity contribution in [2.75, 3.05) is 19.8 Å². The van der Waals surface area contributed by atoms with Crippen LogP contribution in [0.25, 0.3) is 0 Å². The van der Waals surface area contributed by atoms with E-state index in [2.05, 4.69) is 19.2 Å². The van der Waals surface area contributed by atoms with E-state index in [0.29, 0.717) is 6.61 Å². The van der Waals surface area contributed by atoms with Gasteiger partial charge >= 0.3 is 0 Å². The molecule has 4 heteroatoms. The molecule has 106 valence electrons. The Labute approximate surface area is 120 Å². The maximum absolute atomic E-state index is 6.10. The summed E-state index contributed by atoms with van der Waals surface area (Å²) in [5, 5.41) is 4.14. The van der Waals surface area contributed by atoms with Crippen molar-refractivity contribution in [2.45, 2.75) is 38.8 Å². The van der Waals surface area contributed by atoms with Gasteiger partial charge in [0.1, 0.15) is 11.9 Å². The van der Waals surface area contributed by atoms with Crippen LogP contribution in [-0.2, 0) is 4.74 Å².